The third-order valence-corrected chi connectivity index (χ3v) is 7.89. The van der Waals surface area contributed by atoms with E-state index in [2.05, 4.69) is 10.6 Å². The second kappa shape index (κ2) is 11.4. The minimum Gasteiger partial charge on any atom is -0.490 e. The van der Waals surface area contributed by atoms with Gasteiger partial charge in [0.1, 0.15) is 0 Å². The van der Waals surface area contributed by atoms with Gasteiger partial charge in [-0.1, -0.05) is 24.3 Å². The van der Waals surface area contributed by atoms with Crippen molar-refractivity contribution in [3.8, 4) is 16.9 Å². The maximum atomic E-state index is 13.2. The number of ether oxygens (including phenoxy) is 1. The van der Waals surface area contributed by atoms with Crippen LogP contribution >= 0.6 is 0 Å². The summed E-state index contributed by atoms with van der Waals surface area (Å²) < 4.78 is 44.0. The highest BCUT2D eigenvalue weighted by Gasteiger charge is 2.35. The van der Waals surface area contributed by atoms with Gasteiger partial charge in [0.2, 0.25) is 5.91 Å². The number of carbonyl (C=O) groups is 2. The molecule has 4 N–H and O–H groups in total. The van der Waals surface area contributed by atoms with E-state index in [4.69, 9.17) is 10.5 Å². The molecule has 9 nitrogen and oxygen atoms in total. The number of nitrogens with zero attached hydrogens (tertiary/aromatic N) is 1. The maximum absolute atomic E-state index is 13.2. The first-order valence-electron chi connectivity index (χ1n) is 13.5. The van der Waals surface area contributed by atoms with Crippen molar-refractivity contribution in [2.24, 2.45) is 5.73 Å². The standard InChI is InChI=1S/C32H27F3N4O5/c1-31(30(36)41,14-13-18-3-7-21(8-4-18)32(33,34)35)22-9-11-24-26(17-22)38-29(40)23-10-5-19(15-25(23)37-24)20-6-12-27(39(42)43)28(16-20)44-2/h3-12,15-17,37H,13-14H2,1-2H3,(H2,36,41)(H,38,40). The van der Waals surface area contributed by atoms with Crippen LogP contribution in [0.3, 0.4) is 0 Å². The van der Waals surface area contributed by atoms with Crippen molar-refractivity contribution in [3.63, 3.8) is 0 Å². The van der Waals surface area contributed by atoms with Gasteiger partial charge in [0, 0.05) is 6.07 Å². The zero-order chi connectivity index (χ0) is 31.8. The van der Waals surface area contributed by atoms with Gasteiger partial charge in [-0.25, -0.2) is 0 Å². The third-order valence-electron chi connectivity index (χ3n) is 7.89. The number of nitro groups is 1. The second-order valence-electron chi connectivity index (χ2n) is 10.6. The monoisotopic (exact) mass is 604 g/mol. The predicted molar refractivity (Wildman–Crippen MR) is 159 cm³/mol. The van der Waals surface area contributed by atoms with Crippen molar-refractivity contribution in [2.75, 3.05) is 17.7 Å². The predicted octanol–water partition coefficient (Wildman–Crippen LogP) is 6.97. The van der Waals surface area contributed by atoms with Gasteiger partial charge in [-0.2, -0.15) is 13.2 Å². The van der Waals surface area contributed by atoms with Crippen LogP contribution in [-0.4, -0.2) is 23.8 Å². The zero-order valence-corrected chi connectivity index (χ0v) is 23.6. The Balaban J connectivity index is 1.42. The smallest absolute Gasteiger partial charge is 0.416 e. The molecular weight excluding hydrogens is 577 g/mol. The summed E-state index contributed by atoms with van der Waals surface area (Å²) in [6.45, 7) is 1.66. The molecule has 44 heavy (non-hydrogen) atoms. The van der Waals surface area contributed by atoms with E-state index in [0.29, 0.717) is 51.3 Å². The highest BCUT2D eigenvalue weighted by atomic mass is 19.4. The van der Waals surface area contributed by atoms with Gasteiger partial charge in [-0.3, -0.25) is 19.7 Å². The number of anilines is 3. The van der Waals surface area contributed by atoms with Gasteiger partial charge >= 0.3 is 11.9 Å². The number of halogens is 3. The van der Waals surface area contributed by atoms with E-state index in [1.165, 1.54) is 25.3 Å². The van der Waals surface area contributed by atoms with Gasteiger partial charge < -0.3 is 21.1 Å². The number of nitrogens with two attached hydrogens (primary N) is 1. The lowest BCUT2D eigenvalue weighted by molar-refractivity contribution is -0.385. The first kappa shape index (κ1) is 30.1. The van der Waals surface area contributed by atoms with Crippen LogP contribution in [0.1, 0.15) is 40.4 Å². The number of primary amides is 1. The Kier molecular flexibility index (Phi) is 7.77. The molecular formula is C32H27F3N4O5. The third kappa shape index (κ3) is 5.78. The molecule has 0 saturated carbocycles. The molecule has 1 unspecified atom stereocenters. The van der Waals surface area contributed by atoms with Crippen LogP contribution in [0.15, 0.2) is 78.9 Å². The van der Waals surface area contributed by atoms with Crippen molar-refractivity contribution in [1.82, 2.24) is 0 Å². The topological polar surface area (TPSA) is 137 Å². The molecule has 1 atom stereocenters. The maximum Gasteiger partial charge on any atom is 0.416 e. The number of nitrogens with one attached hydrogen (secondary N) is 2. The Morgan fingerprint density at radius 2 is 1.55 bits per heavy atom. The number of aryl methyl sites for hydroxylation is 1. The summed E-state index contributed by atoms with van der Waals surface area (Å²) in [5.74, 6) is -0.924. The zero-order valence-electron chi connectivity index (χ0n) is 23.6. The fourth-order valence-electron chi connectivity index (χ4n) is 5.13. The molecule has 2 amide bonds. The van der Waals surface area contributed by atoms with E-state index in [-0.39, 0.29) is 17.9 Å². The Morgan fingerprint density at radius 1 is 0.886 bits per heavy atom. The fraction of sp³-hybridized carbons (Fsp3) is 0.188. The first-order valence-corrected chi connectivity index (χ1v) is 13.5. The number of hydrogen-bond donors (Lipinski definition) is 3. The Bertz CT molecular complexity index is 1790. The van der Waals surface area contributed by atoms with Gasteiger partial charge in [0.05, 0.1) is 45.6 Å². The van der Waals surface area contributed by atoms with E-state index < -0.39 is 33.9 Å². The van der Waals surface area contributed by atoms with Gasteiger partial charge in [0.15, 0.2) is 5.75 Å². The van der Waals surface area contributed by atoms with E-state index >= 15 is 0 Å². The molecule has 0 saturated heterocycles. The van der Waals surface area contributed by atoms with E-state index in [1.54, 1.807) is 55.5 Å². The minimum absolute atomic E-state index is 0.0989. The number of amides is 2. The number of nitro benzene ring substituents is 1. The molecule has 4 aromatic rings. The molecule has 4 aromatic carbocycles. The Morgan fingerprint density at radius 3 is 2.18 bits per heavy atom. The number of alkyl halides is 3. The quantitative estimate of drug-likeness (QED) is 0.147. The Hall–Kier alpha value is -5.39. The van der Waals surface area contributed by atoms with Crippen LogP contribution in [0.5, 0.6) is 5.75 Å². The summed E-state index contributed by atoms with van der Waals surface area (Å²) in [6.07, 6.45) is -3.93. The van der Waals surface area contributed by atoms with Crippen molar-refractivity contribution in [1.29, 1.82) is 0 Å². The van der Waals surface area contributed by atoms with Gasteiger partial charge in [0.25, 0.3) is 5.91 Å². The summed E-state index contributed by atoms with van der Waals surface area (Å²) in [4.78, 5) is 36.7. The van der Waals surface area contributed by atoms with Crippen molar-refractivity contribution in [2.45, 2.75) is 31.4 Å². The molecule has 0 aromatic heterocycles. The van der Waals surface area contributed by atoms with Crippen LogP contribution in [0.4, 0.5) is 35.9 Å². The van der Waals surface area contributed by atoms with Gasteiger partial charge in [-0.05, 0) is 90.6 Å². The summed E-state index contributed by atoms with van der Waals surface area (Å²) >= 11 is 0. The fourth-order valence-corrected chi connectivity index (χ4v) is 5.13. The summed E-state index contributed by atoms with van der Waals surface area (Å²) in [5.41, 5.74) is 7.98. The number of rotatable bonds is 8. The molecule has 0 spiro atoms. The number of benzene rings is 4. The lowest BCUT2D eigenvalue weighted by Crippen LogP contribution is -2.39. The number of carbonyl (C=O) groups excluding carboxylic acids is 2. The average Bonchev–Trinajstić information content (AvgIpc) is 3.13. The van der Waals surface area contributed by atoms with E-state index in [0.717, 1.165) is 12.1 Å². The molecule has 12 heteroatoms. The number of methoxy groups -OCH3 is 1. The summed E-state index contributed by atoms with van der Waals surface area (Å²) in [7, 11) is 1.35. The lowest BCUT2D eigenvalue weighted by Gasteiger charge is -2.28. The van der Waals surface area contributed by atoms with Crippen LogP contribution in [0.2, 0.25) is 0 Å². The molecule has 0 aliphatic carbocycles. The molecule has 0 fully saturated rings. The highest BCUT2D eigenvalue weighted by molar-refractivity contribution is 6.12. The van der Waals surface area contributed by atoms with Crippen molar-refractivity contribution >= 4 is 34.6 Å². The van der Waals surface area contributed by atoms with Crippen LogP contribution in [0.25, 0.3) is 11.1 Å². The minimum atomic E-state index is -4.44. The number of hydrogen-bond acceptors (Lipinski definition) is 6. The molecule has 0 bridgehead atoms. The molecule has 0 radical (unpaired) electrons. The molecule has 1 heterocycles. The van der Waals surface area contributed by atoms with Crippen molar-refractivity contribution < 1.29 is 32.4 Å². The second-order valence-corrected chi connectivity index (χ2v) is 10.6. The Labute approximate surface area is 250 Å². The summed E-state index contributed by atoms with van der Waals surface area (Å²) in [6, 6.07) is 19.4. The molecule has 1 aliphatic rings. The normalized spacial score (nSPS) is 13.8. The molecule has 5 rings (SSSR count). The molecule has 1 aliphatic heterocycles. The average molecular weight is 605 g/mol. The largest absolute Gasteiger partial charge is 0.490 e. The molecule has 226 valence electrons. The van der Waals surface area contributed by atoms with Crippen LogP contribution in [-0.2, 0) is 22.8 Å². The van der Waals surface area contributed by atoms with Crippen LogP contribution in [0, 0.1) is 10.1 Å². The van der Waals surface area contributed by atoms with Crippen molar-refractivity contribution in [3.05, 3.63) is 111 Å². The van der Waals surface area contributed by atoms with E-state index in [9.17, 15) is 32.9 Å². The summed E-state index contributed by atoms with van der Waals surface area (Å²) in [5, 5.41) is 17.4. The first-order chi connectivity index (χ1) is 20.8. The van der Waals surface area contributed by atoms with Gasteiger partial charge in [-0.15, -0.1) is 0 Å². The van der Waals surface area contributed by atoms with E-state index in [1.807, 2.05) is 0 Å². The SMILES string of the molecule is COc1cc(-c2ccc3c(c2)Nc2ccc(C(C)(CCc4ccc(C(F)(F)F)cc4)C(N)=O)cc2NC3=O)ccc1[N+](=O)[O-]. The lowest BCUT2D eigenvalue weighted by atomic mass is 9.76. The highest BCUT2D eigenvalue weighted by Crippen LogP contribution is 2.40. The number of fused-ring (bicyclic) bond motifs is 2. The van der Waals surface area contributed by atoms with Crippen LogP contribution < -0.4 is 21.1 Å².